The van der Waals surface area contributed by atoms with E-state index < -0.39 is 5.97 Å². The maximum absolute atomic E-state index is 13.1. The molecule has 0 radical (unpaired) electrons. The number of halogens is 1. The van der Waals surface area contributed by atoms with Crippen molar-refractivity contribution in [3.05, 3.63) is 105 Å². The van der Waals surface area contributed by atoms with Crippen molar-refractivity contribution < 1.29 is 19.1 Å². The van der Waals surface area contributed by atoms with Crippen LogP contribution in [-0.4, -0.2) is 24.2 Å². The van der Waals surface area contributed by atoms with E-state index in [0.29, 0.717) is 31.4 Å². The summed E-state index contributed by atoms with van der Waals surface area (Å²) in [5.74, 6) is -0.124. The summed E-state index contributed by atoms with van der Waals surface area (Å²) in [7, 11) is 1.50. The maximum Gasteiger partial charge on any atom is 0.344 e. The molecule has 0 unspecified atom stereocenters. The van der Waals surface area contributed by atoms with Crippen LogP contribution in [0, 0.1) is 6.92 Å². The number of hydrogen-bond donors (Lipinski definition) is 1. The van der Waals surface area contributed by atoms with Gasteiger partial charge in [0, 0.05) is 0 Å². The zero-order valence-electron chi connectivity index (χ0n) is 19.9. The topological polar surface area (TPSA) is 77.0 Å². The number of amides is 1. The van der Waals surface area contributed by atoms with Crippen LogP contribution >= 0.6 is 27.7 Å². The molecule has 1 aliphatic heterocycles. The van der Waals surface area contributed by atoms with E-state index in [2.05, 4.69) is 26.2 Å². The normalized spacial score (nSPS) is 15.3. The molecule has 8 heteroatoms. The number of benzene rings is 4. The molecule has 0 bridgehead atoms. The highest BCUT2D eigenvalue weighted by Crippen LogP contribution is 2.39. The zero-order chi connectivity index (χ0) is 25.9. The highest BCUT2D eigenvalue weighted by Gasteiger charge is 2.25. The molecule has 6 nitrogen and oxygen atoms in total. The van der Waals surface area contributed by atoms with Crippen molar-refractivity contribution in [3.63, 3.8) is 0 Å². The lowest BCUT2D eigenvalue weighted by Crippen LogP contribution is -2.19. The third kappa shape index (κ3) is 5.45. The lowest BCUT2D eigenvalue weighted by atomic mass is 10.0. The molecule has 184 valence electrons. The molecular formula is C29H21BrN2O4S. The van der Waals surface area contributed by atoms with Gasteiger partial charge in [-0.05, 0) is 87.4 Å². The van der Waals surface area contributed by atoms with Gasteiger partial charge in [-0.2, -0.15) is 0 Å². The lowest BCUT2D eigenvalue weighted by Gasteiger charge is -2.13. The second kappa shape index (κ2) is 10.6. The van der Waals surface area contributed by atoms with E-state index in [0.717, 1.165) is 22.0 Å². The first-order valence-electron chi connectivity index (χ1n) is 11.3. The van der Waals surface area contributed by atoms with E-state index in [1.54, 1.807) is 24.3 Å². The van der Waals surface area contributed by atoms with Gasteiger partial charge in [-0.15, -0.1) is 0 Å². The number of carbonyl (C=O) groups is 2. The molecule has 0 aromatic heterocycles. The third-order valence-corrected chi connectivity index (χ3v) is 7.17. The van der Waals surface area contributed by atoms with Crippen LogP contribution in [0.4, 0.5) is 5.69 Å². The second-order valence-electron chi connectivity index (χ2n) is 8.27. The highest BCUT2D eigenvalue weighted by molar-refractivity contribution is 9.10. The summed E-state index contributed by atoms with van der Waals surface area (Å²) in [4.78, 5) is 30.6. The summed E-state index contributed by atoms with van der Waals surface area (Å²) < 4.78 is 11.8. The molecule has 0 atom stereocenters. The van der Waals surface area contributed by atoms with Gasteiger partial charge in [-0.1, -0.05) is 54.1 Å². The third-order valence-electron chi connectivity index (χ3n) is 5.67. The number of hydrogen-bond acceptors (Lipinski definition) is 6. The van der Waals surface area contributed by atoms with Crippen molar-refractivity contribution in [2.45, 2.75) is 6.92 Å². The molecule has 37 heavy (non-hydrogen) atoms. The van der Waals surface area contributed by atoms with Crippen LogP contribution in [-0.2, 0) is 4.79 Å². The molecule has 1 amide bonds. The van der Waals surface area contributed by atoms with Crippen molar-refractivity contribution in [1.82, 2.24) is 5.32 Å². The van der Waals surface area contributed by atoms with Crippen molar-refractivity contribution >= 4 is 67.3 Å². The van der Waals surface area contributed by atoms with Gasteiger partial charge in [0.05, 0.1) is 27.7 Å². The first-order valence-corrected chi connectivity index (χ1v) is 13.0. The number of aliphatic imine (C=N–C) groups is 1. The van der Waals surface area contributed by atoms with Crippen molar-refractivity contribution in [3.8, 4) is 11.5 Å². The van der Waals surface area contributed by atoms with E-state index >= 15 is 0 Å². The van der Waals surface area contributed by atoms with Gasteiger partial charge in [0.15, 0.2) is 16.7 Å². The number of fused-ring (bicyclic) bond motifs is 1. The Hall–Kier alpha value is -3.88. The minimum absolute atomic E-state index is 0.239. The van der Waals surface area contributed by atoms with Gasteiger partial charge >= 0.3 is 5.97 Å². The number of esters is 1. The molecule has 1 heterocycles. The quantitative estimate of drug-likeness (QED) is 0.158. The standard InChI is InChI=1S/C29H21BrN2O4S/c1-17-10-12-20(13-11-17)31-29-32-27(33)25(37-29)16-18-14-23(30)26(24(15-18)35-2)36-28(34)22-9-5-7-19-6-3-4-8-21(19)22/h3-16H,1-2H3,(H,31,32,33)/b25-16-. The number of ether oxygens (including phenoxy) is 2. The number of nitrogens with one attached hydrogen (secondary N) is 1. The fraction of sp³-hybridized carbons (Fsp3) is 0.0690. The predicted molar refractivity (Wildman–Crippen MR) is 152 cm³/mol. The number of amidine groups is 1. The molecule has 1 aliphatic rings. The molecular weight excluding hydrogens is 552 g/mol. The van der Waals surface area contributed by atoms with Gasteiger partial charge in [-0.3, -0.25) is 4.79 Å². The average molecular weight is 573 g/mol. The first-order chi connectivity index (χ1) is 17.9. The molecule has 5 rings (SSSR count). The predicted octanol–water partition coefficient (Wildman–Crippen LogP) is 7.03. The summed E-state index contributed by atoms with van der Waals surface area (Å²) in [6.45, 7) is 2.01. The summed E-state index contributed by atoms with van der Waals surface area (Å²) in [6.07, 6.45) is 1.74. The molecule has 1 N–H and O–H groups in total. The summed E-state index contributed by atoms with van der Waals surface area (Å²) in [6, 6.07) is 24.3. The number of nitrogens with zero attached hydrogens (tertiary/aromatic N) is 1. The molecule has 0 spiro atoms. The Labute approximate surface area is 226 Å². The molecule has 0 saturated carbocycles. The largest absolute Gasteiger partial charge is 0.493 e. The summed E-state index contributed by atoms with van der Waals surface area (Å²) >= 11 is 4.75. The minimum Gasteiger partial charge on any atom is -0.493 e. The van der Waals surface area contributed by atoms with Crippen LogP contribution in [0.2, 0.25) is 0 Å². The van der Waals surface area contributed by atoms with Crippen LogP contribution in [0.5, 0.6) is 11.5 Å². The number of carbonyl (C=O) groups excluding carboxylic acids is 2. The fourth-order valence-corrected chi connectivity index (χ4v) is 5.22. The molecule has 1 saturated heterocycles. The Bertz CT molecular complexity index is 1590. The Kier molecular flexibility index (Phi) is 7.12. The van der Waals surface area contributed by atoms with Crippen LogP contribution in [0.1, 0.15) is 21.5 Å². The Morgan fingerprint density at radius 2 is 1.78 bits per heavy atom. The van der Waals surface area contributed by atoms with E-state index in [-0.39, 0.29) is 11.7 Å². The zero-order valence-corrected chi connectivity index (χ0v) is 22.4. The molecule has 4 aromatic rings. The van der Waals surface area contributed by atoms with Crippen LogP contribution in [0.3, 0.4) is 0 Å². The Balaban J connectivity index is 1.40. The number of aryl methyl sites for hydroxylation is 1. The second-order valence-corrected chi connectivity index (χ2v) is 10.2. The summed E-state index contributed by atoms with van der Waals surface area (Å²) in [5.41, 5.74) is 3.05. The monoisotopic (exact) mass is 572 g/mol. The lowest BCUT2D eigenvalue weighted by molar-refractivity contribution is -0.115. The van der Waals surface area contributed by atoms with Gasteiger partial charge < -0.3 is 14.8 Å². The smallest absolute Gasteiger partial charge is 0.344 e. The van der Waals surface area contributed by atoms with E-state index in [9.17, 15) is 9.59 Å². The van der Waals surface area contributed by atoms with Gasteiger partial charge in [0.25, 0.3) is 5.91 Å². The first kappa shape index (κ1) is 24.8. The fourth-order valence-electron chi connectivity index (χ4n) is 3.84. The number of rotatable bonds is 5. The number of thioether (sulfide) groups is 1. The highest BCUT2D eigenvalue weighted by atomic mass is 79.9. The van der Waals surface area contributed by atoms with Crippen LogP contribution in [0.25, 0.3) is 16.8 Å². The van der Waals surface area contributed by atoms with Crippen molar-refractivity contribution in [1.29, 1.82) is 0 Å². The maximum atomic E-state index is 13.1. The molecule has 0 aliphatic carbocycles. The van der Waals surface area contributed by atoms with Crippen LogP contribution < -0.4 is 14.8 Å². The molecule has 1 fully saturated rings. The van der Waals surface area contributed by atoms with E-state index in [1.165, 1.54) is 18.9 Å². The van der Waals surface area contributed by atoms with Gasteiger partial charge in [0.2, 0.25) is 0 Å². The van der Waals surface area contributed by atoms with Crippen molar-refractivity contribution in [2.24, 2.45) is 4.99 Å². The molecule has 4 aromatic carbocycles. The van der Waals surface area contributed by atoms with Gasteiger partial charge in [-0.25, -0.2) is 9.79 Å². The summed E-state index contributed by atoms with van der Waals surface area (Å²) in [5, 5.41) is 5.05. The Morgan fingerprint density at radius 1 is 1.03 bits per heavy atom. The SMILES string of the molecule is COc1cc(/C=C2\SC(=Nc3ccc(C)cc3)NC2=O)cc(Br)c1OC(=O)c1cccc2ccccc12. The Morgan fingerprint density at radius 3 is 2.57 bits per heavy atom. The van der Waals surface area contributed by atoms with Gasteiger partial charge in [0.1, 0.15) is 0 Å². The number of methoxy groups -OCH3 is 1. The van der Waals surface area contributed by atoms with Crippen LogP contribution in [0.15, 0.2) is 93.2 Å². The van der Waals surface area contributed by atoms with E-state index in [1.807, 2.05) is 67.6 Å². The average Bonchev–Trinajstić information content (AvgIpc) is 3.24. The minimum atomic E-state index is -0.496. The van der Waals surface area contributed by atoms with Crippen molar-refractivity contribution in [2.75, 3.05) is 7.11 Å². The van der Waals surface area contributed by atoms with E-state index in [4.69, 9.17) is 9.47 Å².